The number of benzene rings is 2. The number of H-pyrrole nitrogens is 1. The van der Waals surface area contributed by atoms with Crippen LogP contribution in [0.25, 0.3) is 11.2 Å². The summed E-state index contributed by atoms with van der Waals surface area (Å²) in [6, 6.07) is 12.3. The van der Waals surface area contributed by atoms with Gasteiger partial charge in [0.2, 0.25) is 0 Å². The molecule has 2 N–H and O–H groups in total. The van der Waals surface area contributed by atoms with Gasteiger partial charge in [-0.05, 0) is 80.0 Å². The van der Waals surface area contributed by atoms with E-state index in [-0.39, 0.29) is 24.2 Å². The molecule has 0 saturated heterocycles. The van der Waals surface area contributed by atoms with E-state index in [1.165, 1.54) is 16.7 Å². The molecule has 0 amide bonds. The number of aromatic amines is 1. The lowest BCUT2D eigenvalue weighted by atomic mass is 9.90. The number of nitrogens with one attached hydrogen (secondary N) is 2. The summed E-state index contributed by atoms with van der Waals surface area (Å²) in [4.78, 5) is 40.4. The van der Waals surface area contributed by atoms with Gasteiger partial charge in [-0.15, -0.1) is 0 Å². The molecule has 2 aliphatic rings. The van der Waals surface area contributed by atoms with Crippen LogP contribution in [0, 0.1) is 0 Å². The van der Waals surface area contributed by atoms with E-state index >= 15 is 0 Å². The number of carbonyl (C=O) groups excluding carboxylic acids is 1. The molecule has 11 heteroatoms. The minimum atomic E-state index is -0.522. The van der Waals surface area contributed by atoms with Crippen LogP contribution >= 0.6 is 0 Å². The predicted octanol–water partition coefficient (Wildman–Crippen LogP) is 4.37. The Morgan fingerprint density at radius 1 is 1.09 bits per heavy atom. The number of hydrogen-bond acceptors (Lipinski definition) is 9. The predicted molar refractivity (Wildman–Crippen MR) is 172 cm³/mol. The minimum absolute atomic E-state index is 0.210. The highest BCUT2D eigenvalue weighted by Crippen LogP contribution is 2.28. The molecule has 11 nitrogen and oxygen atoms in total. The van der Waals surface area contributed by atoms with Gasteiger partial charge in [0.25, 0.3) is 0 Å². The number of nitrogens with zero attached hydrogens (tertiary/aromatic N) is 4. The van der Waals surface area contributed by atoms with Crippen molar-refractivity contribution in [1.29, 1.82) is 0 Å². The molecule has 4 bridgehead atoms. The maximum Gasteiger partial charge on any atom is 0.328 e. The van der Waals surface area contributed by atoms with Crippen molar-refractivity contribution in [2.24, 2.45) is 0 Å². The van der Waals surface area contributed by atoms with Crippen LogP contribution in [-0.4, -0.2) is 62.8 Å². The third-order valence-corrected chi connectivity index (χ3v) is 7.92. The molecule has 0 radical (unpaired) electrons. The van der Waals surface area contributed by atoms with Crippen molar-refractivity contribution in [2.45, 2.75) is 65.3 Å². The van der Waals surface area contributed by atoms with Gasteiger partial charge in [-0.25, -0.2) is 4.79 Å². The molecule has 0 saturated carbocycles. The van der Waals surface area contributed by atoms with E-state index in [0.29, 0.717) is 49.6 Å². The SMILES string of the molecule is COc1ccc(CNc2nc3nc4c2[nH]c(=O)n4Cc2cc(c4c(c2)CN(CC(=O)OC(C)(C)C)CC4)C/C=C\CCO3)cc1. The number of methoxy groups -OCH3 is 1. The van der Waals surface area contributed by atoms with E-state index in [0.717, 1.165) is 36.3 Å². The van der Waals surface area contributed by atoms with Crippen molar-refractivity contribution in [3.05, 3.63) is 86.9 Å². The standard InChI is InChI=1S/C34H40N6O5/c1-34(2,3)45-28(41)21-39-14-13-27-24-8-6-5-7-15-44-32-37-30(35-18-22-9-11-26(43-4)12-10-22)29-31(38-32)40(33(42)36-29)19-23(16-24)17-25(27)20-39/h5-6,9-12,16-17H,7-8,13-15,18-21H2,1-4H3,(H,36,42)(H,35,37,38)/b6-5-. The van der Waals surface area contributed by atoms with E-state index in [1.807, 2.05) is 45.0 Å². The van der Waals surface area contributed by atoms with Crippen molar-refractivity contribution in [1.82, 2.24) is 24.4 Å². The number of esters is 1. The zero-order valence-electron chi connectivity index (χ0n) is 26.3. The second-order valence-corrected chi connectivity index (χ2v) is 12.5. The average Bonchev–Trinajstić information content (AvgIpc) is 3.30. The van der Waals surface area contributed by atoms with Crippen LogP contribution in [0.15, 0.2) is 53.3 Å². The second-order valence-electron chi connectivity index (χ2n) is 12.5. The number of ether oxygens (including phenoxy) is 3. The minimum Gasteiger partial charge on any atom is -0.497 e. The zero-order valence-corrected chi connectivity index (χ0v) is 26.3. The van der Waals surface area contributed by atoms with Gasteiger partial charge in [-0.2, -0.15) is 9.97 Å². The van der Waals surface area contributed by atoms with Crippen molar-refractivity contribution in [3.63, 3.8) is 0 Å². The summed E-state index contributed by atoms with van der Waals surface area (Å²) in [5, 5.41) is 3.36. The summed E-state index contributed by atoms with van der Waals surface area (Å²) in [6.07, 6.45) is 6.61. The van der Waals surface area contributed by atoms with Crippen LogP contribution in [0.4, 0.5) is 5.82 Å². The van der Waals surface area contributed by atoms with Gasteiger partial charge in [-0.1, -0.05) is 36.4 Å². The van der Waals surface area contributed by atoms with Crippen LogP contribution in [0.2, 0.25) is 0 Å². The highest BCUT2D eigenvalue weighted by Gasteiger charge is 2.25. The first-order chi connectivity index (χ1) is 21.6. The first-order valence-electron chi connectivity index (χ1n) is 15.4. The van der Waals surface area contributed by atoms with Crippen molar-refractivity contribution in [3.8, 4) is 11.8 Å². The summed E-state index contributed by atoms with van der Waals surface area (Å²) < 4.78 is 18.4. The molecule has 2 aromatic carbocycles. The topological polar surface area (TPSA) is 124 Å². The third kappa shape index (κ3) is 7.20. The van der Waals surface area contributed by atoms with Gasteiger partial charge >= 0.3 is 17.7 Å². The molecular weight excluding hydrogens is 572 g/mol. The van der Waals surface area contributed by atoms with Crippen molar-refractivity contribution in [2.75, 3.05) is 32.1 Å². The molecule has 4 heterocycles. The Morgan fingerprint density at radius 3 is 2.67 bits per heavy atom. The van der Waals surface area contributed by atoms with Crippen LogP contribution < -0.4 is 20.5 Å². The quantitative estimate of drug-likeness (QED) is 0.241. The van der Waals surface area contributed by atoms with Crippen molar-refractivity contribution >= 4 is 23.0 Å². The zero-order chi connectivity index (χ0) is 31.6. The lowest BCUT2D eigenvalue weighted by molar-refractivity contribution is -0.156. The summed E-state index contributed by atoms with van der Waals surface area (Å²) in [5.41, 5.74) is 5.94. The van der Waals surface area contributed by atoms with Crippen LogP contribution in [0.5, 0.6) is 11.8 Å². The summed E-state index contributed by atoms with van der Waals surface area (Å²) in [5.74, 6) is 1.05. The Balaban J connectivity index is 1.32. The van der Waals surface area contributed by atoms with E-state index in [1.54, 1.807) is 11.7 Å². The fourth-order valence-electron chi connectivity index (χ4n) is 5.89. The third-order valence-electron chi connectivity index (χ3n) is 7.92. The fourth-order valence-corrected chi connectivity index (χ4v) is 5.89. The molecular formula is C34H40N6O5. The molecule has 0 atom stereocenters. The maximum atomic E-state index is 13.4. The molecule has 6 rings (SSSR count). The molecule has 236 valence electrons. The summed E-state index contributed by atoms with van der Waals surface area (Å²) >= 11 is 0. The van der Waals surface area contributed by atoms with E-state index in [2.05, 4.69) is 49.5 Å². The van der Waals surface area contributed by atoms with Gasteiger partial charge in [0, 0.05) is 19.6 Å². The lowest BCUT2D eigenvalue weighted by Gasteiger charge is -2.31. The Kier molecular flexibility index (Phi) is 8.62. The van der Waals surface area contributed by atoms with Crippen LogP contribution in [-0.2, 0) is 42.0 Å². The number of carbonyl (C=O) groups is 1. The summed E-state index contributed by atoms with van der Waals surface area (Å²) in [6.45, 7) is 8.53. The molecule has 0 unspecified atom stereocenters. The van der Waals surface area contributed by atoms with Gasteiger partial charge in [0.15, 0.2) is 11.5 Å². The number of aromatic nitrogens is 4. The Morgan fingerprint density at radius 2 is 1.89 bits per heavy atom. The number of allylic oxidation sites excluding steroid dienone is 1. The number of hydrogen-bond donors (Lipinski definition) is 2. The van der Waals surface area contributed by atoms with E-state index < -0.39 is 5.60 Å². The normalized spacial score (nSPS) is 16.0. The second kappa shape index (κ2) is 12.8. The smallest absolute Gasteiger partial charge is 0.328 e. The Hall–Kier alpha value is -4.64. The number of rotatable bonds is 6. The molecule has 4 aromatic rings. The molecule has 45 heavy (non-hydrogen) atoms. The fraction of sp³-hybridized carbons (Fsp3) is 0.412. The number of fused-ring (bicyclic) bond motifs is 5. The highest BCUT2D eigenvalue weighted by atomic mass is 16.6. The van der Waals surface area contributed by atoms with Gasteiger partial charge < -0.3 is 24.5 Å². The van der Waals surface area contributed by atoms with Gasteiger partial charge in [-0.3, -0.25) is 14.3 Å². The average molecular weight is 613 g/mol. The number of anilines is 1. The monoisotopic (exact) mass is 612 g/mol. The van der Waals surface area contributed by atoms with Crippen LogP contribution in [0.1, 0.15) is 55.0 Å². The largest absolute Gasteiger partial charge is 0.497 e. The number of imidazole rings is 1. The molecule has 0 spiro atoms. The Bertz CT molecular complexity index is 1780. The Labute approximate surface area is 262 Å². The molecule has 0 aliphatic carbocycles. The van der Waals surface area contributed by atoms with Gasteiger partial charge in [0.05, 0.1) is 26.8 Å². The lowest BCUT2D eigenvalue weighted by Crippen LogP contribution is -2.38. The van der Waals surface area contributed by atoms with Crippen molar-refractivity contribution < 1.29 is 19.0 Å². The van der Waals surface area contributed by atoms with Crippen LogP contribution in [0.3, 0.4) is 0 Å². The molecule has 2 aliphatic heterocycles. The van der Waals surface area contributed by atoms with E-state index in [4.69, 9.17) is 14.2 Å². The highest BCUT2D eigenvalue weighted by molar-refractivity contribution is 5.83. The first kappa shape index (κ1) is 30.4. The molecule has 2 aromatic heterocycles. The summed E-state index contributed by atoms with van der Waals surface area (Å²) in [7, 11) is 1.64. The van der Waals surface area contributed by atoms with E-state index in [9.17, 15) is 9.59 Å². The molecule has 0 fully saturated rings. The first-order valence-corrected chi connectivity index (χ1v) is 15.4. The maximum absolute atomic E-state index is 13.4. The van der Waals surface area contributed by atoms with Gasteiger partial charge in [0.1, 0.15) is 16.9 Å².